The van der Waals surface area contributed by atoms with E-state index in [1.807, 2.05) is 59.5 Å². The van der Waals surface area contributed by atoms with Gasteiger partial charge in [0.1, 0.15) is 11.5 Å². The molecule has 0 spiro atoms. The molecule has 0 unspecified atom stereocenters. The topological polar surface area (TPSA) is 80.9 Å². The van der Waals surface area contributed by atoms with Crippen molar-refractivity contribution in [1.29, 1.82) is 0 Å². The number of piperazine rings is 1. The molecule has 2 aromatic heterocycles. The molecule has 3 heterocycles. The summed E-state index contributed by atoms with van der Waals surface area (Å²) in [6.45, 7) is 2.86. The quantitative estimate of drug-likeness (QED) is 0.407. The van der Waals surface area contributed by atoms with Crippen LogP contribution in [0.15, 0.2) is 65.2 Å². The number of methoxy groups -OCH3 is 2. The highest BCUT2D eigenvalue weighted by Gasteiger charge is 2.24. The number of benzene rings is 2. The summed E-state index contributed by atoms with van der Waals surface area (Å²) in [6.07, 6.45) is 0. The summed E-state index contributed by atoms with van der Waals surface area (Å²) in [7, 11) is 3.29. The van der Waals surface area contributed by atoms with Crippen molar-refractivity contribution in [2.24, 2.45) is 0 Å². The number of carbonyl (C=O) groups excluding carboxylic acids is 1. The fourth-order valence-electron chi connectivity index (χ4n) is 3.88. The van der Waals surface area contributed by atoms with Crippen LogP contribution in [0.1, 0.15) is 9.67 Å². The van der Waals surface area contributed by atoms with Crippen molar-refractivity contribution in [3.05, 3.63) is 65.5 Å². The van der Waals surface area contributed by atoms with Gasteiger partial charge in [-0.05, 0) is 48.5 Å². The third-order valence-electron chi connectivity index (χ3n) is 5.79. The Kier molecular flexibility index (Phi) is 6.18. The van der Waals surface area contributed by atoms with Gasteiger partial charge in [0.15, 0.2) is 0 Å². The zero-order valence-electron chi connectivity index (χ0n) is 18.9. The molecule has 1 aliphatic rings. The van der Waals surface area contributed by atoms with Gasteiger partial charge in [-0.2, -0.15) is 4.98 Å². The Hall–Kier alpha value is -3.85. The highest BCUT2D eigenvalue weighted by Crippen LogP contribution is 2.30. The number of rotatable bonds is 6. The SMILES string of the molecule is COc1ccc(-c2nc(-c3ccc(C(=O)N4CCN(c5cccc(OC)c5)CC4)s3)no2)cc1. The van der Waals surface area contributed by atoms with Gasteiger partial charge in [-0.15, -0.1) is 11.3 Å². The van der Waals surface area contributed by atoms with E-state index in [-0.39, 0.29) is 5.91 Å². The first-order valence-corrected chi connectivity index (χ1v) is 11.7. The Morgan fingerprint density at radius 3 is 2.44 bits per heavy atom. The maximum Gasteiger partial charge on any atom is 0.264 e. The summed E-state index contributed by atoms with van der Waals surface area (Å²) < 4.78 is 15.9. The van der Waals surface area contributed by atoms with E-state index in [4.69, 9.17) is 14.0 Å². The van der Waals surface area contributed by atoms with Crippen LogP contribution in [0.2, 0.25) is 0 Å². The average molecular weight is 477 g/mol. The molecule has 0 aliphatic carbocycles. The van der Waals surface area contributed by atoms with Crippen LogP contribution in [-0.4, -0.2) is 61.3 Å². The Morgan fingerprint density at radius 1 is 0.941 bits per heavy atom. The Balaban J connectivity index is 1.23. The van der Waals surface area contributed by atoms with E-state index in [1.54, 1.807) is 14.2 Å². The van der Waals surface area contributed by atoms with E-state index in [2.05, 4.69) is 21.1 Å². The molecule has 4 aromatic rings. The summed E-state index contributed by atoms with van der Waals surface area (Å²) in [4.78, 5) is 23.2. The van der Waals surface area contributed by atoms with E-state index in [0.29, 0.717) is 29.7 Å². The largest absolute Gasteiger partial charge is 0.497 e. The lowest BCUT2D eigenvalue weighted by atomic mass is 10.2. The lowest BCUT2D eigenvalue weighted by Crippen LogP contribution is -2.48. The van der Waals surface area contributed by atoms with Gasteiger partial charge in [0.05, 0.1) is 24.0 Å². The monoisotopic (exact) mass is 476 g/mol. The molecule has 0 N–H and O–H groups in total. The second-order valence-electron chi connectivity index (χ2n) is 7.80. The van der Waals surface area contributed by atoms with Crippen LogP contribution in [0.5, 0.6) is 11.5 Å². The molecule has 1 saturated heterocycles. The number of thiophene rings is 1. The summed E-state index contributed by atoms with van der Waals surface area (Å²) in [6, 6.07) is 19.1. The molecule has 1 aliphatic heterocycles. The first-order valence-electron chi connectivity index (χ1n) is 10.9. The minimum atomic E-state index is 0.0282. The number of ether oxygens (including phenoxy) is 2. The zero-order chi connectivity index (χ0) is 23.5. The summed E-state index contributed by atoms with van der Waals surface area (Å²) >= 11 is 1.38. The van der Waals surface area contributed by atoms with Gasteiger partial charge in [-0.25, -0.2) is 0 Å². The van der Waals surface area contributed by atoms with Crippen LogP contribution in [-0.2, 0) is 0 Å². The van der Waals surface area contributed by atoms with Gasteiger partial charge in [-0.1, -0.05) is 11.2 Å². The number of anilines is 1. The predicted molar refractivity (Wildman–Crippen MR) is 131 cm³/mol. The van der Waals surface area contributed by atoms with Crippen molar-refractivity contribution in [3.63, 3.8) is 0 Å². The fourth-order valence-corrected chi connectivity index (χ4v) is 4.78. The second-order valence-corrected chi connectivity index (χ2v) is 8.88. The number of hydrogen-bond acceptors (Lipinski definition) is 8. The molecule has 0 atom stereocenters. The normalized spacial score (nSPS) is 13.7. The summed E-state index contributed by atoms with van der Waals surface area (Å²) in [5, 5.41) is 4.10. The van der Waals surface area contributed by atoms with Crippen molar-refractivity contribution < 1.29 is 18.8 Å². The van der Waals surface area contributed by atoms with Gasteiger partial charge >= 0.3 is 0 Å². The van der Waals surface area contributed by atoms with Crippen LogP contribution >= 0.6 is 11.3 Å². The number of nitrogens with zero attached hydrogens (tertiary/aromatic N) is 4. The number of hydrogen-bond donors (Lipinski definition) is 0. The lowest BCUT2D eigenvalue weighted by Gasteiger charge is -2.36. The molecular formula is C25H24N4O4S. The first kappa shape index (κ1) is 22.0. The van der Waals surface area contributed by atoms with Gasteiger partial charge < -0.3 is 23.8 Å². The molecule has 8 nitrogen and oxygen atoms in total. The lowest BCUT2D eigenvalue weighted by molar-refractivity contribution is 0.0751. The molecular weight excluding hydrogens is 452 g/mol. The van der Waals surface area contributed by atoms with E-state index >= 15 is 0 Å². The van der Waals surface area contributed by atoms with E-state index in [0.717, 1.165) is 40.7 Å². The van der Waals surface area contributed by atoms with Gasteiger partial charge in [0.2, 0.25) is 5.82 Å². The van der Waals surface area contributed by atoms with Gasteiger partial charge in [-0.3, -0.25) is 4.79 Å². The molecule has 1 amide bonds. The van der Waals surface area contributed by atoms with Crippen LogP contribution in [0.25, 0.3) is 22.2 Å². The smallest absolute Gasteiger partial charge is 0.264 e. The van der Waals surface area contributed by atoms with E-state index in [1.165, 1.54) is 11.3 Å². The van der Waals surface area contributed by atoms with Crippen molar-refractivity contribution in [1.82, 2.24) is 15.0 Å². The third-order valence-corrected chi connectivity index (χ3v) is 6.85. The molecule has 2 aromatic carbocycles. The number of carbonyl (C=O) groups is 1. The van der Waals surface area contributed by atoms with Crippen molar-refractivity contribution >= 4 is 22.9 Å². The minimum absolute atomic E-state index is 0.0282. The van der Waals surface area contributed by atoms with E-state index in [9.17, 15) is 4.79 Å². The predicted octanol–water partition coefficient (Wildman–Crippen LogP) is 4.44. The Morgan fingerprint density at radius 2 is 1.71 bits per heavy atom. The van der Waals surface area contributed by atoms with Crippen molar-refractivity contribution in [3.8, 4) is 33.7 Å². The Labute approximate surface area is 201 Å². The maximum atomic E-state index is 13.1. The molecule has 174 valence electrons. The van der Waals surface area contributed by atoms with Crippen LogP contribution in [0, 0.1) is 0 Å². The van der Waals surface area contributed by atoms with Crippen LogP contribution < -0.4 is 14.4 Å². The van der Waals surface area contributed by atoms with Crippen LogP contribution in [0.4, 0.5) is 5.69 Å². The molecule has 0 saturated carbocycles. The van der Waals surface area contributed by atoms with Gasteiger partial charge in [0.25, 0.3) is 11.8 Å². The molecule has 9 heteroatoms. The highest BCUT2D eigenvalue weighted by molar-refractivity contribution is 7.17. The minimum Gasteiger partial charge on any atom is -0.497 e. The van der Waals surface area contributed by atoms with Gasteiger partial charge in [0, 0.05) is 43.5 Å². The molecule has 5 rings (SSSR count). The number of aromatic nitrogens is 2. The first-order chi connectivity index (χ1) is 16.6. The standard InChI is InChI=1S/C25H24N4O4S/c1-31-19-8-6-17(7-9-19)24-26-23(27-33-24)21-10-11-22(34-21)25(30)29-14-12-28(13-15-29)18-4-3-5-20(16-18)32-2/h3-11,16H,12-15H2,1-2H3. The highest BCUT2D eigenvalue weighted by atomic mass is 32.1. The summed E-state index contributed by atoms with van der Waals surface area (Å²) in [5.74, 6) is 2.51. The zero-order valence-corrected chi connectivity index (χ0v) is 19.7. The fraction of sp³-hybridized carbons (Fsp3) is 0.240. The number of amides is 1. The van der Waals surface area contributed by atoms with Crippen molar-refractivity contribution in [2.45, 2.75) is 0 Å². The molecule has 0 radical (unpaired) electrons. The maximum absolute atomic E-state index is 13.1. The average Bonchev–Trinajstić information content (AvgIpc) is 3.59. The second kappa shape index (κ2) is 9.56. The molecule has 34 heavy (non-hydrogen) atoms. The molecule has 1 fully saturated rings. The van der Waals surface area contributed by atoms with Crippen LogP contribution in [0.3, 0.4) is 0 Å². The van der Waals surface area contributed by atoms with Crippen molar-refractivity contribution in [2.75, 3.05) is 45.3 Å². The Bertz CT molecular complexity index is 1280. The molecule has 0 bridgehead atoms. The third kappa shape index (κ3) is 4.47. The van der Waals surface area contributed by atoms with E-state index < -0.39 is 0 Å². The summed E-state index contributed by atoms with van der Waals surface area (Å²) in [5.41, 5.74) is 1.91.